The average Bonchev–Trinajstić information content (AvgIpc) is 2.13. The number of aryl methyl sites for hydroxylation is 1. The van der Waals surface area contributed by atoms with Gasteiger partial charge in [0, 0.05) is 10.9 Å². The number of carboxylic acids is 1. The van der Waals surface area contributed by atoms with Crippen molar-refractivity contribution in [3.63, 3.8) is 0 Å². The summed E-state index contributed by atoms with van der Waals surface area (Å²) in [6.07, 6.45) is 0.274. The van der Waals surface area contributed by atoms with Crippen LogP contribution >= 0.6 is 27.5 Å². The van der Waals surface area contributed by atoms with Crippen molar-refractivity contribution in [3.8, 4) is 0 Å². The molecule has 15 heavy (non-hydrogen) atoms. The minimum absolute atomic E-state index is 0.0202. The van der Waals surface area contributed by atoms with Crippen LogP contribution in [0.3, 0.4) is 0 Å². The summed E-state index contributed by atoms with van der Waals surface area (Å²) in [4.78, 5) is 21.5. The number of carboxylic acid groups (broad SMARTS) is 1. The molecule has 0 fully saturated rings. The van der Waals surface area contributed by atoms with Gasteiger partial charge in [0.05, 0.1) is 5.56 Å². The molecule has 0 aromatic heterocycles. The molecule has 1 N–H and O–H groups in total. The molecule has 0 bridgehead atoms. The summed E-state index contributed by atoms with van der Waals surface area (Å²) in [5, 5.41) is 7.96. The molecular weight excluding hydrogens is 283 g/mol. The number of aliphatic carboxylic acids is 1. The second-order valence-electron chi connectivity index (χ2n) is 2.94. The average molecular weight is 292 g/mol. The Hall–Kier alpha value is -0.870. The van der Waals surface area contributed by atoms with E-state index in [0.29, 0.717) is 22.0 Å². The summed E-state index contributed by atoms with van der Waals surface area (Å²) in [6.45, 7) is 0. The van der Waals surface area contributed by atoms with E-state index in [9.17, 15) is 9.59 Å². The number of hydrogen-bond donors (Lipinski definition) is 1. The van der Waals surface area contributed by atoms with Gasteiger partial charge in [0.2, 0.25) is 0 Å². The first-order chi connectivity index (χ1) is 7.02. The fourth-order valence-corrected chi connectivity index (χ4v) is 2.16. The monoisotopic (exact) mass is 290 g/mol. The van der Waals surface area contributed by atoms with E-state index in [1.165, 1.54) is 0 Å². The Bertz CT molecular complexity index is 404. The molecule has 5 heteroatoms. The van der Waals surface area contributed by atoms with E-state index in [4.69, 9.17) is 16.7 Å². The smallest absolute Gasteiger partial charge is 0.303 e. The number of carbonyl (C=O) groups excluding carboxylic acids is 1. The minimum atomic E-state index is -0.900. The summed E-state index contributed by atoms with van der Waals surface area (Å²) in [5.41, 5.74) is 0.993. The van der Waals surface area contributed by atoms with Gasteiger partial charge in [-0.3, -0.25) is 9.59 Å². The maximum Gasteiger partial charge on any atom is 0.303 e. The van der Waals surface area contributed by atoms with Crippen molar-refractivity contribution < 1.29 is 14.7 Å². The molecule has 0 atom stereocenters. The van der Waals surface area contributed by atoms with Gasteiger partial charge in [-0.1, -0.05) is 12.1 Å². The second kappa shape index (κ2) is 5.28. The SMILES string of the molecule is O=C(O)CCc1cccc(Br)c1C(=O)Cl. The summed E-state index contributed by atoms with van der Waals surface area (Å²) in [7, 11) is 0. The molecular formula is C10H8BrClO3. The van der Waals surface area contributed by atoms with E-state index in [1.807, 2.05) is 0 Å². The normalized spacial score (nSPS) is 10.0. The Balaban J connectivity index is 3.01. The van der Waals surface area contributed by atoms with Crippen molar-refractivity contribution >= 4 is 38.7 Å². The van der Waals surface area contributed by atoms with Crippen molar-refractivity contribution in [2.45, 2.75) is 12.8 Å². The van der Waals surface area contributed by atoms with E-state index < -0.39 is 11.2 Å². The summed E-state index contributed by atoms with van der Waals surface area (Å²) < 4.78 is 0.588. The standard InChI is InChI=1S/C10H8BrClO3/c11-7-3-1-2-6(4-5-8(13)14)9(7)10(12)15/h1-3H,4-5H2,(H,13,14). The Labute approximate surface area is 100 Å². The van der Waals surface area contributed by atoms with Crippen LogP contribution in [0.25, 0.3) is 0 Å². The van der Waals surface area contributed by atoms with E-state index >= 15 is 0 Å². The number of hydrogen-bond acceptors (Lipinski definition) is 2. The van der Waals surface area contributed by atoms with Crippen LogP contribution in [0.15, 0.2) is 22.7 Å². The van der Waals surface area contributed by atoms with Crippen LogP contribution in [0.1, 0.15) is 22.3 Å². The van der Waals surface area contributed by atoms with E-state index in [0.717, 1.165) is 0 Å². The summed E-state index contributed by atoms with van der Waals surface area (Å²) in [5.74, 6) is -0.900. The molecule has 0 radical (unpaired) electrons. The lowest BCUT2D eigenvalue weighted by Crippen LogP contribution is -2.03. The zero-order chi connectivity index (χ0) is 11.4. The van der Waals surface area contributed by atoms with Crippen LogP contribution in [-0.4, -0.2) is 16.3 Å². The van der Waals surface area contributed by atoms with Crippen LogP contribution in [-0.2, 0) is 11.2 Å². The molecule has 0 aliphatic heterocycles. The summed E-state index contributed by atoms with van der Waals surface area (Å²) in [6, 6.07) is 5.13. The van der Waals surface area contributed by atoms with E-state index in [2.05, 4.69) is 15.9 Å². The van der Waals surface area contributed by atoms with Gasteiger partial charge in [-0.05, 0) is 45.6 Å². The molecule has 0 saturated carbocycles. The van der Waals surface area contributed by atoms with Crippen molar-refractivity contribution in [3.05, 3.63) is 33.8 Å². The molecule has 0 aliphatic carbocycles. The molecule has 3 nitrogen and oxygen atoms in total. The van der Waals surface area contributed by atoms with Gasteiger partial charge in [-0.2, -0.15) is 0 Å². The Morgan fingerprint density at radius 3 is 2.60 bits per heavy atom. The van der Waals surface area contributed by atoms with Crippen LogP contribution < -0.4 is 0 Å². The molecule has 0 aliphatic rings. The number of rotatable bonds is 4. The maximum atomic E-state index is 11.1. The fourth-order valence-electron chi connectivity index (χ4n) is 1.24. The van der Waals surface area contributed by atoms with Gasteiger partial charge < -0.3 is 5.11 Å². The predicted octanol–water partition coefficient (Wildman–Crippen LogP) is 2.85. The number of carbonyl (C=O) groups is 2. The topological polar surface area (TPSA) is 54.4 Å². The lowest BCUT2D eigenvalue weighted by Gasteiger charge is -2.06. The van der Waals surface area contributed by atoms with Crippen LogP contribution in [0.4, 0.5) is 0 Å². The summed E-state index contributed by atoms with van der Waals surface area (Å²) >= 11 is 8.61. The quantitative estimate of drug-likeness (QED) is 0.868. The first kappa shape index (κ1) is 12.2. The number of halogens is 2. The lowest BCUT2D eigenvalue weighted by molar-refractivity contribution is -0.136. The minimum Gasteiger partial charge on any atom is -0.481 e. The molecule has 0 unspecified atom stereocenters. The van der Waals surface area contributed by atoms with Gasteiger partial charge in [-0.15, -0.1) is 0 Å². The Morgan fingerprint density at radius 1 is 1.40 bits per heavy atom. The molecule has 0 heterocycles. The van der Waals surface area contributed by atoms with Crippen LogP contribution in [0, 0.1) is 0 Å². The van der Waals surface area contributed by atoms with Crippen molar-refractivity contribution in [1.82, 2.24) is 0 Å². The van der Waals surface area contributed by atoms with E-state index in [1.54, 1.807) is 18.2 Å². The van der Waals surface area contributed by atoms with Gasteiger partial charge >= 0.3 is 5.97 Å². The van der Waals surface area contributed by atoms with E-state index in [-0.39, 0.29) is 6.42 Å². The second-order valence-corrected chi connectivity index (χ2v) is 4.14. The molecule has 1 rings (SSSR count). The zero-order valence-corrected chi connectivity index (χ0v) is 10.0. The molecule has 80 valence electrons. The van der Waals surface area contributed by atoms with Crippen molar-refractivity contribution in [2.24, 2.45) is 0 Å². The first-order valence-corrected chi connectivity index (χ1v) is 5.38. The van der Waals surface area contributed by atoms with Crippen molar-refractivity contribution in [2.75, 3.05) is 0 Å². The van der Waals surface area contributed by atoms with Crippen LogP contribution in [0.5, 0.6) is 0 Å². The number of benzene rings is 1. The maximum absolute atomic E-state index is 11.1. The highest BCUT2D eigenvalue weighted by atomic mass is 79.9. The Morgan fingerprint density at radius 2 is 2.07 bits per heavy atom. The highest BCUT2D eigenvalue weighted by molar-refractivity contribution is 9.10. The third kappa shape index (κ3) is 3.32. The third-order valence-corrected chi connectivity index (χ3v) is 2.75. The Kier molecular flexibility index (Phi) is 4.29. The molecule has 0 spiro atoms. The van der Waals surface area contributed by atoms with Gasteiger partial charge in [0.15, 0.2) is 0 Å². The zero-order valence-electron chi connectivity index (χ0n) is 7.67. The molecule has 0 saturated heterocycles. The first-order valence-electron chi connectivity index (χ1n) is 4.21. The van der Waals surface area contributed by atoms with Gasteiger partial charge in [0.1, 0.15) is 0 Å². The third-order valence-electron chi connectivity index (χ3n) is 1.90. The predicted molar refractivity (Wildman–Crippen MR) is 60.3 cm³/mol. The molecule has 1 aromatic rings. The largest absolute Gasteiger partial charge is 0.481 e. The molecule has 0 amide bonds. The highest BCUT2D eigenvalue weighted by Gasteiger charge is 2.13. The fraction of sp³-hybridized carbons (Fsp3) is 0.200. The van der Waals surface area contributed by atoms with Gasteiger partial charge in [0.25, 0.3) is 5.24 Å². The molecule has 1 aromatic carbocycles. The van der Waals surface area contributed by atoms with Crippen molar-refractivity contribution in [1.29, 1.82) is 0 Å². The lowest BCUT2D eigenvalue weighted by atomic mass is 10.0. The van der Waals surface area contributed by atoms with Gasteiger partial charge in [-0.25, -0.2) is 0 Å². The highest BCUT2D eigenvalue weighted by Crippen LogP contribution is 2.23. The van der Waals surface area contributed by atoms with Crippen LogP contribution in [0.2, 0.25) is 0 Å².